The lowest BCUT2D eigenvalue weighted by Gasteiger charge is -2.17. The Balaban J connectivity index is 1.70. The van der Waals surface area contributed by atoms with Crippen molar-refractivity contribution in [1.29, 1.82) is 0 Å². The number of aromatic nitrogens is 3. The standard InChI is InChI=1S/C23H23N5O4S2/c1-14-18(34-22(25-14)16-9-6-12-33-16)21(30)26-19-17(24-13-15-7-4-3-5-8-15)20(29)27-23(31)28(19)10-11-32-2/h3-9,12,24H,10-11,13H2,1-2H3,(H,26,30)(H,27,29,31). The Morgan fingerprint density at radius 1 is 1.18 bits per heavy atom. The van der Waals surface area contributed by atoms with Crippen LogP contribution in [-0.4, -0.2) is 34.2 Å². The number of thiazole rings is 1. The fraction of sp³-hybridized carbons (Fsp3) is 0.217. The van der Waals surface area contributed by atoms with Gasteiger partial charge >= 0.3 is 5.69 Å². The van der Waals surface area contributed by atoms with Gasteiger partial charge in [-0.05, 0) is 23.9 Å². The zero-order valence-corrected chi connectivity index (χ0v) is 20.2. The molecule has 3 aromatic heterocycles. The molecule has 11 heteroatoms. The predicted octanol–water partition coefficient (Wildman–Crippen LogP) is 3.54. The summed E-state index contributed by atoms with van der Waals surface area (Å²) in [6, 6.07) is 13.4. The molecule has 176 valence electrons. The average molecular weight is 498 g/mol. The van der Waals surface area contributed by atoms with Crippen molar-refractivity contribution in [2.45, 2.75) is 20.0 Å². The van der Waals surface area contributed by atoms with Gasteiger partial charge in [0.25, 0.3) is 11.5 Å². The number of amides is 1. The number of thiophene rings is 1. The van der Waals surface area contributed by atoms with Crippen molar-refractivity contribution in [1.82, 2.24) is 14.5 Å². The number of carbonyl (C=O) groups is 1. The summed E-state index contributed by atoms with van der Waals surface area (Å²) in [7, 11) is 1.51. The number of nitrogens with zero attached hydrogens (tertiary/aromatic N) is 2. The molecule has 0 unspecified atom stereocenters. The molecule has 3 heterocycles. The molecule has 0 saturated heterocycles. The first kappa shape index (κ1) is 23.6. The molecule has 1 aromatic carbocycles. The Bertz CT molecular complexity index is 1390. The number of carbonyl (C=O) groups excluding carboxylic acids is 1. The van der Waals surface area contributed by atoms with Crippen molar-refractivity contribution in [3.63, 3.8) is 0 Å². The van der Waals surface area contributed by atoms with Gasteiger partial charge in [0.2, 0.25) is 0 Å². The van der Waals surface area contributed by atoms with Gasteiger partial charge in [-0.1, -0.05) is 36.4 Å². The lowest BCUT2D eigenvalue weighted by atomic mass is 10.2. The second-order valence-corrected chi connectivity index (χ2v) is 9.28. The quantitative estimate of drug-likeness (QED) is 0.326. The molecule has 0 spiro atoms. The van der Waals surface area contributed by atoms with E-state index in [9.17, 15) is 14.4 Å². The van der Waals surface area contributed by atoms with Gasteiger partial charge in [-0.15, -0.1) is 22.7 Å². The summed E-state index contributed by atoms with van der Waals surface area (Å²) < 4.78 is 6.40. The fourth-order valence-corrected chi connectivity index (χ4v) is 5.08. The molecule has 34 heavy (non-hydrogen) atoms. The van der Waals surface area contributed by atoms with Crippen LogP contribution in [0.2, 0.25) is 0 Å². The maximum atomic E-state index is 13.3. The minimum Gasteiger partial charge on any atom is -0.383 e. The van der Waals surface area contributed by atoms with Gasteiger partial charge in [0.05, 0.1) is 23.7 Å². The third-order valence-electron chi connectivity index (χ3n) is 5.00. The van der Waals surface area contributed by atoms with E-state index >= 15 is 0 Å². The zero-order valence-electron chi connectivity index (χ0n) is 18.6. The van der Waals surface area contributed by atoms with Crippen LogP contribution >= 0.6 is 22.7 Å². The Morgan fingerprint density at radius 3 is 2.68 bits per heavy atom. The number of aromatic amines is 1. The van der Waals surface area contributed by atoms with Crippen LogP contribution in [0.1, 0.15) is 20.9 Å². The van der Waals surface area contributed by atoms with Crippen molar-refractivity contribution in [3.8, 4) is 9.88 Å². The largest absolute Gasteiger partial charge is 0.383 e. The molecule has 0 saturated carbocycles. The van der Waals surface area contributed by atoms with Crippen LogP contribution in [0.25, 0.3) is 9.88 Å². The highest BCUT2D eigenvalue weighted by Gasteiger charge is 2.22. The van der Waals surface area contributed by atoms with E-state index in [0.29, 0.717) is 17.1 Å². The Labute approximate surface area is 203 Å². The summed E-state index contributed by atoms with van der Waals surface area (Å²) in [4.78, 5) is 46.8. The number of anilines is 2. The summed E-state index contributed by atoms with van der Waals surface area (Å²) in [5.74, 6) is -0.367. The zero-order chi connectivity index (χ0) is 24.1. The number of methoxy groups -OCH3 is 1. The molecule has 9 nitrogen and oxygen atoms in total. The van der Waals surface area contributed by atoms with Crippen LogP contribution in [0, 0.1) is 6.92 Å². The molecule has 0 atom stereocenters. The van der Waals surface area contributed by atoms with Crippen molar-refractivity contribution in [2.75, 3.05) is 24.4 Å². The van der Waals surface area contributed by atoms with Crippen LogP contribution in [0.3, 0.4) is 0 Å². The highest BCUT2D eigenvalue weighted by Crippen LogP contribution is 2.31. The molecule has 4 rings (SSSR count). The monoisotopic (exact) mass is 497 g/mol. The number of hydrogen-bond acceptors (Lipinski definition) is 8. The molecule has 3 N–H and O–H groups in total. The maximum Gasteiger partial charge on any atom is 0.330 e. The first-order chi connectivity index (χ1) is 16.5. The normalized spacial score (nSPS) is 10.9. The number of nitrogens with one attached hydrogen (secondary N) is 3. The molecular formula is C23H23N5O4S2. The molecule has 1 amide bonds. The van der Waals surface area contributed by atoms with Gasteiger partial charge in [-0.2, -0.15) is 0 Å². The van der Waals surface area contributed by atoms with Crippen LogP contribution in [0.5, 0.6) is 0 Å². The van der Waals surface area contributed by atoms with Crippen LogP contribution in [0.4, 0.5) is 11.5 Å². The lowest BCUT2D eigenvalue weighted by Crippen LogP contribution is -2.36. The van der Waals surface area contributed by atoms with E-state index in [1.165, 1.54) is 34.4 Å². The predicted molar refractivity (Wildman–Crippen MR) is 135 cm³/mol. The first-order valence-corrected chi connectivity index (χ1v) is 12.1. The highest BCUT2D eigenvalue weighted by molar-refractivity contribution is 7.22. The van der Waals surface area contributed by atoms with Crippen LogP contribution in [-0.2, 0) is 17.8 Å². The minimum atomic E-state index is -0.636. The summed E-state index contributed by atoms with van der Waals surface area (Å²) in [5, 5.41) is 8.54. The van der Waals surface area contributed by atoms with Crippen molar-refractivity contribution < 1.29 is 9.53 Å². The van der Waals surface area contributed by atoms with E-state index in [-0.39, 0.29) is 24.7 Å². The van der Waals surface area contributed by atoms with Crippen molar-refractivity contribution in [2.24, 2.45) is 0 Å². The van der Waals surface area contributed by atoms with Gasteiger partial charge in [0.15, 0.2) is 0 Å². The molecule has 0 aliphatic rings. The molecule has 0 aliphatic heterocycles. The van der Waals surface area contributed by atoms with Crippen molar-refractivity contribution >= 4 is 40.1 Å². The van der Waals surface area contributed by atoms with Gasteiger partial charge in [0.1, 0.15) is 21.4 Å². The van der Waals surface area contributed by atoms with E-state index in [1.807, 2.05) is 47.8 Å². The molecule has 0 bridgehead atoms. The van der Waals surface area contributed by atoms with Crippen LogP contribution < -0.4 is 21.9 Å². The summed E-state index contributed by atoms with van der Waals surface area (Å²) >= 11 is 2.80. The fourth-order valence-electron chi connectivity index (χ4n) is 3.32. The van der Waals surface area contributed by atoms with Gasteiger partial charge < -0.3 is 15.4 Å². The number of hydrogen-bond donors (Lipinski definition) is 3. The van der Waals surface area contributed by atoms with Crippen molar-refractivity contribution in [3.05, 3.63) is 84.8 Å². The van der Waals surface area contributed by atoms with E-state index in [2.05, 4.69) is 20.6 Å². The van der Waals surface area contributed by atoms with E-state index in [4.69, 9.17) is 4.74 Å². The molecule has 0 fully saturated rings. The topological polar surface area (TPSA) is 118 Å². The summed E-state index contributed by atoms with van der Waals surface area (Å²) in [6.45, 7) is 2.45. The number of rotatable bonds is 9. The second kappa shape index (κ2) is 10.6. The second-order valence-electron chi connectivity index (χ2n) is 7.33. The first-order valence-electron chi connectivity index (χ1n) is 10.4. The number of H-pyrrole nitrogens is 1. The average Bonchev–Trinajstić information content (AvgIpc) is 3.49. The lowest BCUT2D eigenvalue weighted by molar-refractivity contribution is 0.102. The maximum absolute atomic E-state index is 13.3. The molecule has 0 aliphatic carbocycles. The summed E-state index contributed by atoms with van der Waals surface area (Å²) in [5.41, 5.74) is 0.342. The van der Waals surface area contributed by atoms with Gasteiger partial charge in [-0.25, -0.2) is 9.78 Å². The SMILES string of the molecule is COCCn1c(NC(=O)c2sc(-c3cccs3)nc2C)c(NCc2ccccc2)c(=O)[nH]c1=O. The third kappa shape index (κ3) is 5.16. The smallest absolute Gasteiger partial charge is 0.330 e. The third-order valence-corrected chi connectivity index (χ3v) is 7.19. The van der Waals surface area contributed by atoms with E-state index < -0.39 is 17.2 Å². The molecule has 4 aromatic rings. The van der Waals surface area contributed by atoms with E-state index in [0.717, 1.165) is 15.4 Å². The van der Waals surface area contributed by atoms with Crippen LogP contribution in [0.15, 0.2) is 57.4 Å². The van der Waals surface area contributed by atoms with E-state index in [1.54, 1.807) is 6.92 Å². The number of ether oxygens (including phenoxy) is 1. The van der Waals surface area contributed by atoms with Gasteiger partial charge in [-0.3, -0.25) is 19.1 Å². The Morgan fingerprint density at radius 2 is 1.97 bits per heavy atom. The Kier molecular flexibility index (Phi) is 7.36. The Hall–Kier alpha value is -3.54. The van der Waals surface area contributed by atoms with Gasteiger partial charge in [0, 0.05) is 13.7 Å². The number of benzene rings is 1. The molecular weight excluding hydrogens is 474 g/mol. The summed E-state index contributed by atoms with van der Waals surface area (Å²) in [6.07, 6.45) is 0. The minimum absolute atomic E-state index is 0.0807. The molecule has 0 radical (unpaired) electrons. The number of aryl methyl sites for hydroxylation is 1. The highest BCUT2D eigenvalue weighted by atomic mass is 32.1.